The van der Waals surface area contributed by atoms with Crippen molar-refractivity contribution in [3.05, 3.63) is 95.6 Å². The summed E-state index contributed by atoms with van der Waals surface area (Å²) in [6.07, 6.45) is 0. The summed E-state index contributed by atoms with van der Waals surface area (Å²) in [5.74, 6) is 0. The Kier molecular flexibility index (Phi) is 6.75. The lowest BCUT2D eigenvalue weighted by molar-refractivity contribution is 0.430. The van der Waals surface area contributed by atoms with E-state index in [9.17, 15) is 8.42 Å². The van der Waals surface area contributed by atoms with Gasteiger partial charge in [-0.3, -0.25) is 0 Å². The van der Waals surface area contributed by atoms with E-state index in [1.54, 1.807) is 22.5 Å². The van der Waals surface area contributed by atoms with Crippen LogP contribution in [0.3, 0.4) is 0 Å². The Hall–Kier alpha value is -2.89. The molecule has 0 aliphatic heterocycles. The summed E-state index contributed by atoms with van der Waals surface area (Å²) in [5.41, 5.74) is 11.4. The van der Waals surface area contributed by atoms with Crippen molar-refractivity contribution in [1.82, 2.24) is 4.31 Å². The molecule has 0 unspecified atom stereocenters. The number of allylic oxidation sites excluding steroid dienone is 1. The molecule has 3 rings (SSSR count). The van der Waals surface area contributed by atoms with E-state index in [0.717, 1.165) is 27.8 Å². The van der Waals surface area contributed by atoms with Gasteiger partial charge in [-0.1, -0.05) is 65.7 Å². The number of nitrogens with zero attached hydrogens (tertiary/aromatic N) is 1. The molecule has 0 saturated carbocycles. The second-order valence-electron chi connectivity index (χ2n) is 7.69. The molecule has 4 nitrogen and oxygen atoms in total. The van der Waals surface area contributed by atoms with Gasteiger partial charge in [0.2, 0.25) is 10.0 Å². The van der Waals surface area contributed by atoms with Gasteiger partial charge in [0, 0.05) is 18.8 Å². The lowest BCUT2D eigenvalue weighted by atomic mass is 10.1. The molecule has 0 heterocycles. The molecule has 30 heavy (non-hydrogen) atoms. The SMILES string of the molecule is CC(C)=C(C)CN(Cc1ccccc1)S(=O)(=O)c1cccc(-c2cccc(N)c2)c1. The normalized spacial score (nSPS) is 11.5. The Morgan fingerprint density at radius 3 is 2.10 bits per heavy atom. The third-order valence-electron chi connectivity index (χ3n) is 5.16. The smallest absolute Gasteiger partial charge is 0.243 e. The van der Waals surface area contributed by atoms with Crippen LogP contribution >= 0.6 is 0 Å². The number of rotatable bonds is 7. The Morgan fingerprint density at radius 2 is 1.47 bits per heavy atom. The van der Waals surface area contributed by atoms with Gasteiger partial charge in [0.1, 0.15) is 0 Å². The second kappa shape index (κ2) is 9.28. The Morgan fingerprint density at radius 1 is 0.833 bits per heavy atom. The van der Waals surface area contributed by atoms with Crippen molar-refractivity contribution < 1.29 is 8.42 Å². The van der Waals surface area contributed by atoms with Crippen molar-refractivity contribution in [2.24, 2.45) is 0 Å². The van der Waals surface area contributed by atoms with Crippen LogP contribution in [-0.2, 0) is 16.6 Å². The Balaban J connectivity index is 2.02. The summed E-state index contributed by atoms with van der Waals surface area (Å²) in [4.78, 5) is 0.278. The molecule has 0 aromatic heterocycles. The summed E-state index contributed by atoms with van der Waals surface area (Å²) >= 11 is 0. The molecule has 0 aliphatic carbocycles. The lowest BCUT2D eigenvalue weighted by Gasteiger charge is -2.24. The van der Waals surface area contributed by atoms with E-state index in [2.05, 4.69) is 0 Å². The highest BCUT2D eigenvalue weighted by molar-refractivity contribution is 7.89. The summed E-state index contributed by atoms with van der Waals surface area (Å²) < 4.78 is 28.8. The molecule has 2 N–H and O–H groups in total. The minimum atomic E-state index is -3.70. The molecule has 156 valence electrons. The van der Waals surface area contributed by atoms with Crippen molar-refractivity contribution in [3.8, 4) is 11.1 Å². The average Bonchev–Trinajstić information content (AvgIpc) is 2.74. The van der Waals surface area contributed by atoms with E-state index >= 15 is 0 Å². The predicted octanol–water partition coefficient (Wildman–Crippen LogP) is 5.48. The van der Waals surface area contributed by atoms with Gasteiger partial charge in [0.15, 0.2) is 0 Å². The summed E-state index contributed by atoms with van der Waals surface area (Å²) in [6, 6.07) is 24.2. The quantitative estimate of drug-likeness (QED) is 0.406. The van der Waals surface area contributed by atoms with Crippen molar-refractivity contribution in [2.75, 3.05) is 12.3 Å². The monoisotopic (exact) mass is 420 g/mol. The predicted molar refractivity (Wildman–Crippen MR) is 124 cm³/mol. The fourth-order valence-electron chi connectivity index (χ4n) is 3.14. The molecule has 0 fully saturated rings. The van der Waals surface area contributed by atoms with E-state index in [0.29, 0.717) is 18.8 Å². The third kappa shape index (κ3) is 5.17. The number of hydrogen-bond donors (Lipinski definition) is 1. The topological polar surface area (TPSA) is 63.4 Å². The molecule has 3 aromatic carbocycles. The molecule has 0 amide bonds. The maximum absolute atomic E-state index is 13.6. The minimum absolute atomic E-state index is 0.278. The molecular weight excluding hydrogens is 392 g/mol. The van der Waals surface area contributed by atoms with E-state index in [4.69, 9.17) is 5.73 Å². The van der Waals surface area contributed by atoms with Crippen LogP contribution in [0.4, 0.5) is 5.69 Å². The first-order valence-electron chi connectivity index (χ1n) is 9.90. The molecule has 0 saturated heterocycles. The maximum atomic E-state index is 13.6. The lowest BCUT2D eigenvalue weighted by Crippen LogP contribution is -2.32. The van der Waals surface area contributed by atoms with Gasteiger partial charge in [0.25, 0.3) is 0 Å². The molecule has 0 aliphatic rings. The largest absolute Gasteiger partial charge is 0.399 e. The van der Waals surface area contributed by atoms with Crippen LogP contribution in [0.25, 0.3) is 11.1 Å². The van der Waals surface area contributed by atoms with Crippen LogP contribution in [0.1, 0.15) is 26.3 Å². The van der Waals surface area contributed by atoms with Crippen LogP contribution in [0.5, 0.6) is 0 Å². The highest BCUT2D eigenvalue weighted by Gasteiger charge is 2.25. The summed E-state index contributed by atoms with van der Waals surface area (Å²) in [6.45, 7) is 6.65. The fraction of sp³-hybridized carbons (Fsp3) is 0.200. The number of nitrogens with two attached hydrogens (primary N) is 1. The van der Waals surface area contributed by atoms with E-state index in [-0.39, 0.29) is 4.90 Å². The average molecular weight is 421 g/mol. The van der Waals surface area contributed by atoms with Crippen molar-refractivity contribution >= 4 is 15.7 Å². The fourth-order valence-corrected chi connectivity index (χ4v) is 4.65. The second-order valence-corrected chi connectivity index (χ2v) is 9.63. The molecular formula is C25H28N2O2S. The van der Waals surface area contributed by atoms with Gasteiger partial charge in [0.05, 0.1) is 4.90 Å². The zero-order valence-corrected chi connectivity index (χ0v) is 18.5. The van der Waals surface area contributed by atoms with Crippen LogP contribution in [-0.4, -0.2) is 19.3 Å². The molecule has 0 bridgehead atoms. The van der Waals surface area contributed by atoms with Gasteiger partial charge in [-0.2, -0.15) is 4.31 Å². The van der Waals surface area contributed by atoms with E-state index in [1.807, 2.05) is 81.4 Å². The van der Waals surface area contributed by atoms with Gasteiger partial charge >= 0.3 is 0 Å². The number of sulfonamides is 1. The minimum Gasteiger partial charge on any atom is -0.399 e. The maximum Gasteiger partial charge on any atom is 0.243 e. The van der Waals surface area contributed by atoms with E-state index < -0.39 is 10.0 Å². The first-order chi connectivity index (χ1) is 14.3. The summed E-state index contributed by atoms with van der Waals surface area (Å²) in [5, 5.41) is 0. The molecule has 0 atom stereocenters. The highest BCUT2D eigenvalue weighted by Crippen LogP contribution is 2.27. The zero-order valence-electron chi connectivity index (χ0n) is 17.7. The number of anilines is 1. The van der Waals surface area contributed by atoms with Crippen LogP contribution in [0.2, 0.25) is 0 Å². The Bertz CT molecular complexity index is 1150. The third-order valence-corrected chi connectivity index (χ3v) is 6.95. The van der Waals surface area contributed by atoms with E-state index in [1.165, 1.54) is 0 Å². The first kappa shape index (κ1) is 21.8. The number of hydrogen-bond acceptors (Lipinski definition) is 3. The van der Waals surface area contributed by atoms with Crippen LogP contribution in [0, 0.1) is 0 Å². The molecule has 3 aromatic rings. The van der Waals surface area contributed by atoms with Gasteiger partial charge < -0.3 is 5.73 Å². The highest BCUT2D eigenvalue weighted by atomic mass is 32.2. The Labute approximate surface area is 179 Å². The van der Waals surface area contributed by atoms with Gasteiger partial charge in [-0.05, 0) is 61.7 Å². The standard InChI is InChI=1S/C25H28N2O2S/c1-19(2)20(3)17-27(18-21-9-5-4-6-10-21)30(28,29)25-14-8-12-23(16-25)22-11-7-13-24(26)15-22/h4-16H,17-18,26H2,1-3H3. The summed E-state index contributed by atoms with van der Waals surface area (Å²) in [7, 11) is -3.70. The van der Waals surface area contributed by atoms with Gasteiger partial charge in [-0.15, -0.1) is 0 Å². The molecule has 0 radical (unpaired) electrons. The van der Waals surface area contributed by atoms with Crippen LogP contribution in [0.15, 0.2) is 94.9 Å². The number of benzene rings is 3. The van der Waals surface area contributed by atoms with Gasteiger partial charge in [-0.25, -0.2) is 8.42 Å². The molecule has 0 spiro atoms. The van der Waals surface area contributed by atoms with Crippen molar-refractivity contribution in [2.45, 2.75) is 32.2 Å². The number of nitrogen functional groups attached to an aromatic ring is 1. The van der Waals surface area contributed by atoms with Crippen molar-refractivity contribution in [1.29, 1.82) is 0 Å². The first-order valence-corrected chi connectivity index (χ1v) is 11.3. The zero-order chi connectivity index (χ0) is 21.7. The van der Waals surface area contributed by atoms with Crippen molar-refractivity contribution in [3.63, 3.8) is 0 Å². The molecule has 5 heteroatoms. The van der Waals surface area contributed by atoms with Crippen LogP contribution < -0.4 is 5.73 Å².